The topological polar surface area (TPSA) is 63.6 Å². The molecule has 4 aliphatic carbocycles. The number of esters is 1. The maximum Gasteiger partial charge on any atom is 0.309 e. The predicted molar refractivity (Wildman–Crippen MR) is 68.2 cm³/mol. The minimum Gasteiger partial charge on any atom is -0.469 e. The van der Waals surface area contributed by atoms with E-state index in [0.29, 0.717) is 0 Å². The molecule has 0 amide bonds. The van der Waals surface area contributed by atoms with Gasteiger partial charge in [-0.2, -0.15) is 0 Å². The van der Waals surface area contributed by atoms with Crippen LogP contribution >= 0.6 is 0 Å². The van der Waals surface area contributed by atoms with Crippen LogP contribution in [0.5, 0.6) is 0 Å². The molecule has 1 spiro atoms. The molecule has 19 heavy (non-hydrogen) atoms. The SMILES string of the molecule is COC(=O)[C@H]1[C@@H]2CC[C@@]3(CCCC[C@H]13)C(=O)[C@H]2CO. The fourth-order valence-corrected chi connectivity index (χ4v) is 5.14. The molecular formula is C15H22O4. The van der Waals surface area contributed by atoms with Crippen molar-refractivity contribution >= 4 is 11.8 Å². The van der Waals surface area contributed by atoms with E-state index in [0.717, 1.165) is 38.5 Å². The highest BCUT2D eigenvalue weighted by molar-refractivity contribution is 5.92. The van der Waals surface area contributed by atoms with Gasteiger partial charge < -0.3 is 9.84 Å². The lowest BCUT2D eigenvalue weighted by Crippen LogP contribution is -2.62. The summed E-state index contributed by atoms with van der Waals surface area (Å²) >= 11 is 0. The number of fused-ring (bicyclic) bond motifs is 2. The Bertz CT molecular complexity index is 401. The van der Waals surface area contributed by atoms with Gasteiger partial charge in [0.05, 0.1) is 19.6 Å². The largest absolute Gasteiger partial charge is 0.469 e. The number of ketones is 1. The molecule has 0 saturated heterocycles. The van der Waals surface area contributed by atoms with Gasteiger partial charge in [0, 0.05) is 11.3 Å². The van der Waals surface area contributed by atoms with Gasteiger partial charge in [0.25, 0.3) is 0 Å². The summed E-state index contributed by atoms with van der Waals surface area (Å²) in [5, 5.41) is 9.57. The number of rotatable bonds is 2. The number of aliphatic hydroxyl groups excluding tert-OH is 1. The lowest BCUT2D eigenvalue weighted by Gasteiger charge is -2.59. The standard InChI is InChI=1S/C15H22O4/c1-19-14(18)12-9-5-7-15(13(17)10(9)8-16)6-3-2-4-11(12)15/h9-12,16H,2-8H2,1H3/t9-,10+,11-,12+,15-/m1/s1. The molecule has 106 valence electrons. The van der Waals surface area contributed by atoms with Crippen molar-refractivity contribution in [3.63, 3.8) is 0 Å². The maximum absolute atomic E-state index is 12.7. The molecule has 4 fully saturated rings. The smallest absolute Gasteiger partial charge is 0.309 e. The first-order chi connectivity index (χ1) is 9.15. The second-order valence-corrected chi connectivity index (χ2v) is 6.41. The van der Waals surface area contributed by atoms with Gasteiger partial charge in [-0.3, -0.25) is 9.59 Å². The molecule has 1 N–H and O–H groups in total. The zero-order valence-electron chi connectivity index (χ0n) is 11.4. The maximum atomic E-state index is 12.7. The second-order valence-electron chi connectivity index (χ2n) is 6.41. The highest BCUT2D eigenvalue weighted by atomic mass is 16.5. The Hall–Kier alpha value is -0.900. The molecular weight excluding hydrogens is 244 g/mol. The highest BCUT2D eigenvalue weighted by Gasteiger charge is 2.64. The summed E-state index contributed by atoms with van der Waals surface area (Å²) in [5.74, 6) is -0.304. The van der Waals surface area contributed by atoms with E-state index in [-0.39, 0.29) is 47.4 Å². The van der Waals surface area contributed by atoms with Crippen molar-refractivity contribution in [3.8, 4) is 0 Å². The molecule has 0 aliphatic heterocycles. The normalized spacial score (nSPS) is 44.8. The fraction of sp³-hybridized carbons (Fsp3) is 0.867. The van der Waals surface area contributed by atoms with E-state index in [1.54, 1.807) is 0 Å². The third-order valence-electron chi connectivity index (χ3n) is 5.93. The Kier molecular flexibility index (Phi) is 3.16. The Balaban J connectivity index is 2.03. The lowest BCUT2D eigenvalue weighted by atomic mass is 9.43. The van der Waals surface area contributed by atoms with Crippen molar-refractivity contribution in [2.75, 3.05) is 13.7 Å². The third kappa shape index (κ3) is 1.62. The molecule has 0 unspecified atom stereocenters. The molecule has 4 saturated carbocycles. The van der Waals surface area contributed by atoms with Gasteiger partial charge in [0.2, 0.25) is 0 Å². The Morgan fingerprint density at radius 1 is 1.37 bits per heavy atom. The van der Waals surface area contributed by atoms with Crippen LogP contribution in [0.2, 0.25) is 0 Å². The van der Waals surface area contributed by atoms with E-state index in [1.807, 2.05) is 0 Å². The molecule has 0 heterocycles. The first-order valence-corrected chi connectivity index (χ1v) is 7.38. The Morgan fingerprint density at radius 2 is 2.16 bits per heavy atom. The summed E-state index contributed by atoms with van der Waals surface area (Å²) in [6.45, 7) is -0.120. The zero-order chi connectivity index (χ0) is 13.6. The predicted octanol–water partition coefficient (Wildman–Crippen LogP) is 1.55. The van der Waals surface area contributed by atoms with Crippen molar-refractivity contribution in [3.05, 3.63) is 0 Å². The first-order valence-electron chi connectivity index (χ1n) is 7.38. The molecule has 5 atom stereocenters. The number of ether oxygens (including phenoxy) is 1. The molecule has 4 nitrogen and oxygen atoms in total. The van der Waals surface area contributed by atoms with Crippen molar-refractivity contribution in [2.45, 2.75) is 38.5 Å². The van der Waals surface area contributed by atoms with E-state index >= 15 is 0 Å². The number of hydrogen-bond donors (Lipinski definition) is 1. The van der Waals surface area contributed by atoms with Gasteiger partial charge in [-0.25, -0.2) is 0 Å². The number of hydrogen-bond acceptors (Lipinski definition) is 4. The van der Waals surface area contributed by atoms with Crippen LogP contribution < -0.4 is 0 Å². The molecule has 0 radical (unpaired) electrons. The summed E-state index contributed by atoms with van der Waals surface area (Å²) in [6.07, 6.45) is 5.81. The Morgan fingerprint density at radius 3 is 2.84 bits per heavy atom. The molecule has 4 rings (SSSR count). The summed E-state index contributed by atoms with van der Waals surface area (Å²) in [7, 11) is 1.43. The number of carbonyl (C=O) groups is 2. The number of aliphatic hydroxyl groups is 1. The highest BCUT2D eigenvalue weighted by Crippen LogP contribution is 2.62. The van der Waals surface area contributed by atoms with Crippen LogP contribution in [0.25, 0.3) is 0 Å². The van der Waals surface area contributed by atoms with E-state index in [1.165, 1.54) is 7.11 Å². The quantitative estimate of drug-likeness (QED) is 0.770. The van der Waals surface area contributed by atoms with Crippen LogP contribution in [-0.4, -0.2) is 30.6 Å². The van der Waals surface area contributed by atoms with E-state index in [9.17, 15) is 14.7 Å². The van der Waals surface area contributed by atoms with Gasteiger partial charge in [-0.15, -0.1) is 0 Å². The van der Waals surface area contributed by atoms with Crippen LogP contribution in [0.4, 0.5) is 0 Å². The third-order valence-corrected chi connectivity index (χ3v) is 5.93. The van der Waals surface area contributed by atoms with Gasteiger partial charge in [-0.05, 0) is 37.5 Å². The van der Waals surface area contributed by atoms with Gasteiger partial charge >= 0.3 is 5.97 Å². The molecule has 0 aromatic carbocycles. The Labute approximate surface area is 113 Å². The fourth-order valence-electron chi connectivity index (χ4n) is 5.14. The summed E-state index contributed by atoms with van der Waals surface area (Å²) in [5.41, 5.74) is -0.334. The summed E-state index contributed by atoms with van der Waals surface area (Å²) < 4.78 is 4.98. The van der Waals surface area contributed by atoms with Crippen molar-refractivity contribution in [1.82, 2.24) is 0 Å². The van der Waals surface area contributed by atoms with Crippen LogP contribution in [-0.2, 0) is 14.3 Å². The number of Topliss-reactive ketones (excluding diaryl/α,β-unsaturated/α-hetero) is 1. The molecule has 0 aromatic heterocycles. The average molecular weight is 266 g/mol. The minimum absolute atomic E-state index is 0.00470. The van der Waals surface area contributed by atoms with E-state index in [4.69, 9.17) is 4.74 Å². The first kappa shape index (κ1) is 13.1. The monoisotopic (exact) mass is 266 g/mol. The zero-order valence-corrected chi connectivity index (χ0v) is 11.4. The minimum atomic E-state index is -0.341. The van der Waals surface area contributed by atoms with Crippen LogP contribution in [0, 0.1) is 29.1 Å². The lowest BCUT2D eigenvalue weighted by molar-refractivity contribution is -0.182. The molecule has 4 aliphatic rings. The summed E-state index contributed by atoms with van der Waals surface area (Å²) in [6, 6.07) is 0. The van der Waals surface area contributed by atoms with E-state index < -0.39 is 0 Å². The van der Waals surface area contributed by atoms with Gasteiger partial charge in [0.1, 0.15) is 5.78 Å². The molecule has 0 aromatic rings. The second kappa shape index (κ2) is 4.58. The van der Waals surface area contributed by atoms with Crippen LogP contribution in [0.1, 0.15) is 38.5 Å². The van der Waals surface area contributed by atoms with E-state index in [2.05, 4.69) is 0 Å². The number of carbonyl (C=O) groups excluding carboxylic acids is 2. The molecule has 4 heteroatoms. The van der Waals surface area contributed by atoms with Crippen LogP contribution in [0.3, 0.4) is 0 Å². The van der Waals surface area contributed by atoms with Crippen molar-refractivity contribution in [2.24, 2.45) is 29.1 Å². The van der Waals surface area contributed by atoms with Crippen molar-refractivity contribution in [1.29, 1.82) is 0 Å². The molecule has 2 bridgehead atoms. The van der Waals surface area contributed by atoms with Gasteiger partial charge in [0.15, 0.2) is 0 Å². The average Bonchev–Trinajstić information content (AvgIpc) is 2.46. The number of methoxy groups -OCH3 is 1. The summed E-state index contributed by atoms with van der Waals surface area (Å²) in [4.78, 5) is 24.9. The van der Waals surface area contributed by atoms with Crippen LogP contribution in [0.15, 0.2) is 0 Å². The van der Waals surface area contributed by atoms with Crippen molar-refractivity contribution < 1.29 is 19.4 Å². The van der Waals surface area contributed by atoms with Gasteiger partial charge in [-0.1, -0.05) is 12.8 Å².